The number of hydrogen-bond donors (Lipinski definition) is 1. The largest absolute Gasteiger partial charge is 0.347 e. The fourth-order valence-electron chi connectivity index (χ4n) is 4.36. The van der Waals surface area contributed by atoms with Crippen LogP contribution in [0.2, 0.25) is 0 Å². The number of nitrogens with two attached hydrogens (primary N) is 1. The van der Waals surface area contributed by atoms with Crippen molar-refractivity contribution in [2.75, 3.05) is 0 Å². The Kier molecular flexibility index (Phi) is 2.41. The van der Waals surface area contributed by atoms with Crippen LogP contribution in [0.3, 0.4) is 0 Å². The summed E-state index contributed by atoms with van der Waals surface area (Å²) < 4.78 is 2.54. The van der Waals surface area contributed by atoms with E-state index in [1.165, 1.54) is 11.3 Å². The second kappa shape index (κ2) is 3.46. The molecule has 0 aromatic carbocycles. The van der Waals surface area contributed by atoms with Gasteiger partial charge in [-0.2, -0.15) is 0 Å². The summed E-state index contributed by atoms with van der Waals surface area (Å²) in [5, 5.41) is 0. The summed E-state index contributed by atoms with van der Waals surface area (Å²) in [4.78, 5) is 0. The van der Waals surface area contributed by atoms with Crippen LogP contribution < -0.4 is 5.73 Å². The third kappa shape index (κ3) is 1.65. The predicted molar refractivity (Wildman–Crippen MR) is 80.1 cm³/mol. The Morgan fingerprint density at radius 1 is 1.11 bits per heavy atom. The number of rotatable bonds is 1. The zero-order valence-corrected chi connectivity index (χ0v) is 13.2. The average molecular weight is 260 g/mol. The Bertz CT molecular complexity index is 505. The van der Waals surface area contributed by atoms with E-state index in [0.717, 1.165) is 12.8 Å². The van der Waals surface area contributed by atoms with Crippen LogP contribution in [0.4, 0.5) is 0 Å². The van der Waals surface area contributed by atoms with Gasteiger partial charge >= 0.3 is 0 Å². The highest BCUT2D eigenvalue weighted by Crippen LogP contribution is 2.72. The summed E-state index contributed by atoms with van der Waals surface area (Å²) in [6.45, 7) is 14.2. The molecule has 106 valence electrons. The zero-order chi connectivity index (χ0) is 14.2. The predicted octanol–water partition coefficient (Wildman–Crippen LogP) is 4.07. The van der Waals surface area contributed by atoms with E-state index >= 15 is 0 Å². The molecule has 0 amide bonds. The van der Waals surface area contributed by atoms with E-state index < -0.39 is 0 Å². The average Bonchev–Trinajstić information content (AvgIpc) is 2.57. The molecular formula is C17H28N2. The minimum atomic E-state index is 0.213. The van der Waals surface area contributed by atoms with Crippen molar-refractivity contribution in [1.82, 2.24) is 4.57 Å². The molecule has 0 spiro atoms. The first-order chi connectivity index (χ1) is 8.58. The first kappa shape index (κ1) is 13.2. The summed E-state index contributed by atoms with van der Waals surface area (Å²) >= 11 is 0. The lowest BCUT2D eigenvalue weighted by molar-refractivity contribution is 0.273. The van der Waals surface area contributed by atoms with Gasteiger partial charge < -0.3 is 10.3 Å². The lowest BCUT2D eigenvalue weighted by Gasteiger charge is -2.35. The second-order valence-electron chi connectivity index (χ2n) is 8.62. The van der Waals surface area contributed by atoms with Crippen LogP contribution >= 0.6 is 0 Å². The minimum absolute atomic E-state index is 0.213. The first-order valence-corrected chi connectivity index (χ1v) is 7.53. The van der Waals surface area contributed by atoms with Crippen LogP contribution in [-0.4, -0.2) is 4.57 Å². The van der Waals surface area contributed by atoms with Gasteiger partial charge in [0, 0.05) is 24.0 Å². The molecule has 1 unspecified atom stereocenters. The third-order valence-electron chi connectivity index (χ3n) is 6.10. The Morgan fingerprint density at radius 2 is 1.68 bits per heavy atom. The van der Waals surface area contributed by atoms with Gasteiger partial charge in [-0.3, -0.25) is 0 Å². The number of nitrogens with zero attached hydrogens (tertiary/aromatic N) is 1. The molecule has 2 aliphatic rings. The normalized spacial score (nSPS) is 31.0. The fourth-order valence-corrected chi connectivity index (χ4v) is 4.36. The molecule has 0 radical (unpaired) electrons. The lowest BCUT2D eigenvalue weighted by atomic mass is 9.74. The van der Waals surface area contributed by atoms with Gasteiger partial charge in [-0.15, -0.1) is 0 Å². The Morgan fingerprint density at radius 3 is 2.21 bits per heavy atom. The molecule has 1 heterocycles. The minimum Gasteiger partial charge on any atom is -0.347 e. The molecule has 3 rings (SSSR count). The molecule has 1 aromatic heterocycles. The van der Waals surface area contributed by atoms with Crippen LogP contribution in [-0.2, 0) is 6.42 Å². The topological polar surface area (TPSA) is 30.9 Å². The van der Waals surface area contributed by atoms with Crippen molar-refractivity contribution in [3.8, 4) is 0 Å². The maximum absolute atomic E-state index is 6.38. The maximum atomic E-state index is 6.38. The molecular weight excluding hydrogens is 232 g/mol. The van der Waals surface area contributed by atoms with E-state index in [0.29, 0.717) is 22.3 Å². The molecule has 19 heavy (non-hydrogen) atoms. The summed E-state index contributed by atoms with van der Waals surface area (Å²) in [5.74, 6) is 0. The van der Waals surface area contributed by atoms with Crippen molar-refractivity contribution in [3.63, 3.8) is 0 Å². The molecule has 0 bridgehead atoms. The molecule has 1 atom stereocenters. The first-order valence-electron chi connectivity index (χ1n) is 7.53. The van der Waals surface area contributed by atoms with E-state index in [9.17, 15) is 0 Å². The van der Waals surface area contributed by atoms with E-state index in [1.54, 1.807) is 0 Å². The standard InChI is InChI=1S/C17H28N2/c1-15(2)9-12(18)11-7-8-19(13(11)10-15)14-16(3,4)17(14,5)6/h7-8,12,14H,9-10,18H2,1-6H3. The van der Waals surface area contributed by atoms with E-state index in [4.69, 9.17) is 5.73 Å². The monoisotopic (exact) mass is 260 g/mol. The van der Waals surface area contributed by atoms with Gasteiger partial charge in [0.15, 0.2) is 0 Å². The van der Waals surface area contributed by atoms with Crippen molar-refractivity contribution in [3.05, 3.63) is 23.5 Å². The van der Waals surface area contributed by atoms with E-state index in [1.807, 2.05) is 0 Å². The van der Waals surface area contributed by atoms with Crippen molar-refractivity contribution in [2.24, 2.45) is 22.0 Å². The number of aromatic nitrogens is 1. The van der Waals surface area contributed by atoms with Gasteiger partial charge in [0.25, 0.3) is 0 Å². The Hall–Kier alpha value is -0.760. The molecule has 2 aliphatic carbocycles. The summed E-state index contributed by atoms with van der Waals surface area (Å²) in [5.41, 5.74) is 10.3. The van der Waals surface area contributed by atoms with Crippen LogP contribution in [0.1, 0.15) is 71.3 Å². The van der Waals surface area contributed by atoms with Crippen LogP contribution in [0.5, 0.6) is 0 Å². The maximum Gasteiger partial charge on any atom is 0.0447 e. The quantitative estimate of drug-likeness (QED) is 0.811. The molecule has 2 heteroatoms. The van der Waals surface area contributed by atoms with Crippen molar-refractivity contribution >= 4 is 0 Å². The van der Waals surface area contributed by atoms with Crippen molar-refractivity contribution in [2.45, 2.75) is 66.5 Å². The molecule has 0 aliphatic heterocycles. The van der Waals surface area contributed by atoms with E-state index in [2.05, 4.69) is 58.4 Å². The van der Waals surface area contributed by atoms with Crippen molar-refractivity contribution < 1.29 is 0 Å². The van der Waals surface area contributed by atoms with Gasteiger partial charge in [0.05, 0.1) is 0 Å². The van der Waals surface area contributed by atoms with Gasteiger partial charge in [-0.25, -0.2) is 0 Å². The SMILES string of the molecule is CC1(C)Cc2c(ccn2C2C(C)(C)C2(C)C)C(N)C1. The zero-order valence-electron chi connectivity index (χ0n) is 13.2. The molecule has 1 saturated carbocycles. The molecule has 0 saturated heterocycles. The smallest absolute Gasteiger partial charge is 0.0447 e. The summed E-state index contributed by atoms with van der Waals surface area (Å²) in [6, 6.07) is 3.09. The van der Waals surface area contributed by atoms with Crippen molar-refractivity contribution in [1.29, 1.82) is 0 Å². The van der Waals surface area contributed by atoms with Gasteiger partial charge in [0.1, 0.15) is 0 Å². The fraction of sp³-hybridized carbons (Fsp3) is 0.765. The summed E-state index contributed by atoms with van der Waals surface area (Å²) in [6.07, 6.45) is 4.54. The highest BCUT2D eigenvalue weighted by molar-refractivity contribution is 5.33. The Labute approximate surface area is 117 Å². The van der Waals surface area contributed by atoms with E-state index in [-0.39, 0.29) is 6.04 Å². The van der Waals surface area contributed by atoms with Crippen LogP contribution in [0.15, 0.2) is 12.3 Å². The van der Waals surface area contributed by atoms with Gasteiger partial charge in [-0.05, 0) is 40.7 Å². The highest BCUT2D eigenvalue weighted by atomic mass is 15.1. The lowest BCUT2D eigenvalue weighted by Crippen LogP contribution is -2.30. The molecule has 2 N–H and O–H groups in total. The molecule has 1 fully saturated rings. The molecule has 1 aromatic rings. The highest BCUT2D eigenvalue weighted by Gasteiger charge is 2.66. The number of hydrogen-bond acceptors (Lipinski definition) is 1. The van der Waals surface area contributed by atoms with Crippen LogP contribution in [0.25, 0.3) is 0 Å². The van der Waals surface area contributed by atoms with Gasteiger partial charge in [-0.1, -0.05) is 41.5 Å². The Balaban J connectivity index is 2.04. The molecule has 2 nitrogen and oxygen atoms in total. The third-order valence-corrected chi connectivity index (χ3v) is 6.10. The number of fused-ring (bicyclic) bond motifs is 1. The van der Waals surface area contributed by atoms with Crippen LogP contribution in [0, 0.1) is 16.2 Å². The second-order valence-corrected chi connectivity index (χ2v) is 8.62. The summed E-state index contributed by atoms with van der Waals surface area (Å²) in [7, 11) is 0. The van der Waals surface area contributed by atoms with Gasteiger partial charge in [0.2, 0.25) is 0 Å².